The first-order valence-electron chi connectivity index (χ1n) is 7.99. The Bertz CT molecular complexity index is 414. The average molecular weight is 345 g/mol. The molecule has 0 aliphatic rings. The van der Waals surface area contributed by atoms with Crippen molar-refractivity contribution in [2.24, 2.45) is 0 Å². The molecule has 4 nitrogen and oxygen atoms in total. The minimum atomic E-state index is -1.83. The van der Waals surface area contributed by atoms with Crippen molar-refractivity contribution >= 4 is 28.1 Å². The zero-order valence-corrected chi connectivity index (χ0v) is 17.3. The molecule has 2 N–H and O–H groups in total. The summed E-state index contributed by atoms with van der Waals surface area (Å²) in [7, 11) is -3.65. The highest BCUT2D eigenvalue weighted by Gasteiger charge is 2.40. The van der Waals surface area contributed by atoms with Gasteiger partial charge in [-0.05, 0) is 11.1 Å². The van der Waals surface area contributed by atoms with Gasteiger partial charge in [0.1, 0.15) is 0 Å². The van der Waals surface area contributed by atoms with E-state index in [0.717, 1.165) is 0 Å². The molecule has 2 atom stereocenters. The van der Waals surface area contributed by atoms with E-state index in [4.69, 9.17) is 0 Å². The third-order valence-corrected chi connectivity index (χ3v) is 9.93. The fourth-order valence-corrected chi connectivity index (χ4v) is 8.14. The largest absolute Gasteiger partial charge is 0.478 e. The van der Waals surface area contributed by atoms with E-state index in [0.29, 0.717) is 12.8 Å². The molecule has 0 saturated carbocycles. The molecular formula is C16H32O4Si2. The SMILES string of the molecule is CCC(C(C(=O)O)=C(C(=O)O)C(CC)[Si](C)(C)C)[Si](C)(C)C. The summed E-state index contributed by atoms with van der Waals surface area (Å²) >= 11 is 0. The number of hydrogen-bond acceptors (Lipinski definition) is 2. The molecule has 0 spiro atoms. The predicted molar refractivity (Wildman–Crippen MR) is 97.1 cm³/mol. The van der Waals surface area contributed by atoms with Gasteiger partial charge in [-0.3, -0.25) is 0 Å². The smallest absolute Gasteiger partial charge is 0.332 e. The summed E-state index contributed by atoms with van der Waals surface area (Å²) in [4.78, 5) is 23.9. The maximum Gasteiger partial charge on any atom is 0.332 e. The molecule has 0 bridgehead atoms. The number of carboxylic acids is 2. The Morgan fingerprint density at radius 2 is 0.955 bits per heavy atom. The molecule has 0 aromatic heterocycles. The molecule has 0 heterocycles. The Kier molecular flexibility index (Phi) is 7.28. The van der Waals surface area contributed by atoms with E-state index in [9.17, 15) is 19.8 Å². The monoisotopic (exact) mass is 344 g/mol. The van der Waals surface area contributed by atoms with Crippen LogP contribution in [0.5, 0.6) is 0 Å². The highest BCUT2D eigenvalue weighted by Crippen LogP contribution is 2.42. The second kappa shape index (κ2) is 7.59. The van der Waals surface area contributed by atoms with Gasteiger partial charge in [0.15, 0.2) is 0 Å². The van der Waals surface area contributed by atoms with Gasteiger partial charge in [-0.2, -0.15) is 0 Å². The van der Waals surface area contributed by atoms with Gasteiger partial charge in [-0.25, -0.2) is 9.59 Å². The Hall–Kier alpha value is -0.886. The molecule has 0 rings (SSSR count). The molecule has 0 aliphatic carbocycles. The second-order valence-corrected chi connectivity index (χ2v) is 18.9. The minimum Gasteiger partial charge on any atom is -0.478 e. The average Bonchev–Trinajstić information content (AvgIpc) is 2.29. The first kappa shape index (κ1) is 21.1. The summed E-state index contributed by atoms with van der Waals surface area (Å²) in [5, 5.41) is 19.6. The molecule has 22 heavy (non-hydrogen) atoms. The molecule has 0 aromatic carbocycles. The Labute approximate surface area is 136 Å². The van der Waals surface area contributed by atoms with Crippen LogP contribution in [0.3, 0.4) is 0 Å². The van der Waals surface area contributed by atoms with Gasteiger partial charge in [0.2, 0.25) is 0 Å². The van der Waals surface area contributed by atoms with Crippen LogP contribution in [0.1, 0.15) is 26.7 Å². The molecule has 0 fully saturated rings. The zero-order valence-electron chi connectivity index (χ0n) is 15.3. The summed E-state index contributed by atoms with van der Waals surface area (Å²) in [5.74, 6) is -2.10. The Morgan fingerprint density at radius 3 is 1.05 bits per heavy atom. The van der Waals surface area contributed by atoms with E-state index in [1.165, 1.54) is 0 Å². The predicted octanol–water partition coefficient (Wildman–Crippen LogP) is 4.69. The lowest BCUT2D eigenvalue weighted by atomic mass is 9.98. The van der Waals surface area contributed by atoms with E-state index in [1.807, 2.05) is 13.8 Å². The molecule has 6 heteroatoms. The van der Waals surface area contributed by atoms with Gasteiger partial charge in [0, 0.05) is 11.1 Å². The van der Waals surface area contributed by atoms with Crippen molar-refractivity contribution in [1.29, 1.82) is 0 Å². The number of carboxylic acid groups (broad SMARTS) is 2. The van der Waals surface area contributed by atoms with E-state index in [-0.39, 0.29) is 22.2 Å². The van der Waals surface area contributed by atoms with Crippen molar-refractivity contribution in [2.75, 3.05) is 0 Å². The van der Waals surface area contributed by atoms with Crippen molar-refractivity contribution in [1.82, 2.24) is 0 Å². The lowest BCUT2D eigenvalue weighted by molar-refractivity contribution is -0.136. The van der Waals surface area contributed by atoms with Crippen molar-refractivity contribution in [3.8, 4) is 0 Å². The number of rotatable bonds is 8. The Balaban J connectivity index is 6.55. The van der Waals surface area contributed by atoms with Crippen LogP contribution in [0.4, 0.5) is 0 Å². The van der Waals surface area contributed by atoms with Gasteiger partial charge in [-0.15, -0.1) is 0 Å². The van der Waals surface area contributed by atoms with E-state index in [1.54, 1.807) is 0 Å². The molecular weight excluding hydrogens is 312 g/mol. The highest BCUT2D eigenvalue weighted by atomic mass is 28.3. The number of carbonyl (C=O) groups is 2. The van der Waals surface area contributed by atoms with Crippen LogP contribution in [-0.2, 0) is 9.59 Å². The second-order valence-electron chi connectivity index (χ2n) is 8.09. The quantitative estimate of drug-likeness (QED) is 0.495. The molecule has 128 valence electrons. The van der Waals surface area contributed by atoms with Gasteiger partial charge in [-0.1, -0.05) is 66.0 Å². The summed E-state index contributed by atoms with van der Waals surface area (Å²) < 4.78 is 0. The van der Waals surface area contributed by atoms with Crippen LogP contribution in [0.25, 0.3) is 0 Å². The minimum absolute atomic E-state index is 0.138. The van der Waals surface area contributed by atoms with Crippen LogP contribution in [0.15, 0.2) is 11.1 Å². The fraction of sp³-hybridized carbons (Fsp3) is 0.750. The fourth-order valence-electron chi connectivity index (χ4n) is 3.40. The van der Waals surface area contributed by atoms with Crippen molar-refractivity contribution in [3.05, 3.63) is 11.1 Å². The third-order valence-electron chi connectivity index (χ3n) is 4.36. The van der Waals surface area contributed by atoms with Gasteiger partial charge in [0.05, 0.1) is 16.1 Å². The standard InChI is InChI=1S/C16H32O4Si2/c1-9-11(21(3,4)5)13(15(17)18)14(16(19)20)12(10-2)22(6,7)8/h11-12H,9-10H2,1-8H3,(H,17,18)(H,19,20). The molecule has 2 unspecified atom stereocenters. The normalized spacial score (nSPS) is 16.7. The van der Waals surface area contributed by atoms with E-state index in [2.05, 4.69) is 39.3 Å². The molecule has 0 amide bonds. The molecule has 0 aliphatic heterocycles. The highest BCUT2D eigenvalue weighted by molar-refractivity contribution is 6.79. The summed E-state index contributed by atoms with van der Waals surface area (Å²) in [6, 6.07) is 0. The van der Waals surface area contributed by atoms with Crippen LogP contribution >= 0.6 is 0 Å². The summed E-state index contributed by atoms with van der Waals surface area (Å²) in [6.45, 7) is 16.6. The number of aliphatic carboxylic acids is 2. The molecule has 0 aromatic rings. The summed E-state index contributed by atoms with van der Waals surface area (Å²) in [5.41, 5.74) is 0.0647. The number of hydrogen-bond donors (Lipinski definition) is 2. The lowest BCUT2D eigenvalue weighted by Gasteiger charge is -2.34. The van der Waals surface area contributed by atoms with Crippen LogP contribution in [0.2, 0.25) is 50.4 Å². The van der Waals surface area contributed by atoms with Crippen LogP contribution < -0.4 is 0 Å². The molecule has 0 saturated heterocycles. The van der Waals surface area contributed by atoms with Gasteiger partial charge >= 0.3 is 11.9 Å². The maximum absolute atomic E-state index is 12.0. The van der Waals surface area contributed by atoms with Crippen molar-refractivity contribution < 1.29 is 19.8 Å². The van der Waals surface area contributed by atoms with Crippen LogP contribution in [-0.4, -0.2) is 38.3 Å². The van der Waals surface area contributed by atoms with E-state index < -0.39 is 28.1 Å². The van der Waals surface area contributed by atoms with Crippen LogP contribution in [0, 0.1) is 0 Å². The third kappa shape index (κ3) is 5.09. The lowest BCUT2D eigenvalue weighted by Crippen LogP contribution is -2.37. The van der Waals surface area contributed by atoms with Gasteiger partial charge < -0.3 is 10.2 Å². The van der Waals surface area contributed by atoms with Crippen molar-refractivity contribution in [2.45, 2.75) is 77.1 Å². The zero-order chi connectivity index (χ0) is 17.9. The first-order valence-corrected chi connectivity index (χ1v) is 15.1. The van der Waals surface area contributed by atoms with Crippen molar-refractivity contribution in [3.63, 3.8) is 0 Å². The topological polar surface area (TPSA) is 74.6 Å². The summed E-state index contributed by atoms with van der Waals surface area (Å²) in [6.07, 6.45) is 1.35. The first-order chi connectivity index (χ1) is 9.78. The maximum atomic E-state index is 12.0. The Morgan fingerprint density at radius 1 is 0.727 bits per heavy atom. The molecule has 0 radical (unpaired) electrons. The van der Waals surface area contributed by atoms with Gasteiger partial charge in [0.25, 0.3) is 0 Å². The van der Waals surface area contributed by atoms with E-state index >= 15 is 0 Å².